The van der Waals surface area contributed by atoms with E-state index >= 15 is 0 Å². The molecular formula is C27H33N5O2. The molecule has 7 nitrogen and oxygen atoms in total. The fourth-order valence-electron chi connectivity index (χ4n) is 3.75. The Morgan fingerprint density at radius 2 is 1.59 bits per heavy atom. The first kappa shape index (κ1) is 23.7. The molecule has 1 fully saturated rings. The number of amides is 2. The summed E-state index contributed by atoms with van der Waals surface area (Å²) in [7, 11) is 3.93. The first-order valence-electron chi connectivity index (χ1n) is 11.8. The standard InChI is InChI=1S/C27H33N5O2/c1-19-5-9-21(10-6-19)24-17-32(23-13-7-20(2)8-14-23)27(28-24)29-25(33)18-31(16-15-30(3)4)26(34)22-11-12-22/h5-10,13-14,17,22H,11-12,15-16,18H2,1-4H3,(H,28,29,33). The van der Waals surface area contributed by atoms with Crippen LogP contribution in [0.25, 0.3) is 16.9 Å². The van der Waals surface area contributed by atoms with Crippen LogP contribution in [0.15, 0.2) is 54.7 Å². The molecule has 178 valence electrons. The molecule has 0 radical (unpaired) electrons. The van der Waals surface area contributed by atoms with Gasteiger partial charge < -0.3 is 9.80 Å². The summed E-state index contributed by atoms with van der Waals surface area (Å²) in [5, 5.41) is 2.96. The lowest BCUT2D eigenvalue weighted by Gasteiger charge is -2.24. The SMILES string of the molecule is Cc1ccc(-c2cn(-c3ccc(C)cc3)c(NC(=O)CN(CCN(C)C)C(=O)C3CC3)n2)cc1. The molecule has 0 unspecified atom stereocenters. The van der Waals surface area contributed by atoms with Crippen molar-refractivity contribution >= 4 is 17.8 Å². The van der Waals surface area contributed by atoms with E-state index in [-0.39, 0.29) is 24.3 Å². The molecule has 1 N–H and O–H groups in total. The second-order valence-corrected chi connectivity index (χ2v) is 9.41. The lowest BCUT2D eigenvalue weighted by molar-refractivity contribution is -0.136. The van der Waals surface area contributed by atoms with E-state index in [1.807, 2.05) is 92.1 Å². The maximum absolute atomic E-state index is 13.1. The number of aromatic nitrogens is 2. The zero-order valence-corrected chi connectivity index (χ0v) is 20.4. The zero-order valence-electron chi connectivity index (χ0n) is 20.4. The van der Waals surface area contributed by atoms with Crippen LogP contribution in [0.5, 0.6) is 0 Å². The molecule has 2 amide bonds. The quantitative estimate of drug-likeness (QED) is 0.527. The Hall–Kier alpha value is -3.45. The molecule has 1 saturated carbocycles. The van der Waals surface area contributed by atoms with Gasteiger partial charge in [0.15, 0.2) is 0 Å². The van der Waals surface area contributed by atoms with Gasteiger partial charge in [0.1, 0.15) is 0 Å². The molecular weight excluding hydrogens is 426 g/mol. The van der Waals surface area contributed by atoms with Crippen molar-refractivity contribution in [3.63, 3.8) is 0 Å². The van der Waals surface area contributed by atoms with Crippen LogP contribution in [-0.2, 0) is 9.59 Å². The number of carbonyl (C=O) groups excluding carboxylic acids is 2. The molecule has 1 aliphatic carbocycles. The second kappa shape index (κ2) is 10.2. The first-order valence-corrected chi connectivity index (χ1v) is 11.8. The Morgan fingerprint density at radius 1 is 0.971 bits per heavy atom. The van der Waals surface area contributed by atoms with Gasteiger partial charge in [-0.15, -0.1) is 0 Å². The van der Waals surface area contributed by atoms with Crippen LogP contribution in [0, 0.1) is 19.8 Å². The van der Waals surface area contributed by atoms with Crippen molar-refractivity contribution in [3.8, 4) is 16.9 Å². The maximum atomic E-state index is 13.1. The average molecular weight is 460 g/mol. The molecule has 4 rings (SSSR count). The van der Waals surface area contributed by atoms with E-state index in [1.54, 1.807) is 4.90 Å². The third-order valence-electron chi connectivity index (χ3n) is 6.01. The molecule has 7 heteroatoms. The fraction of sp³-hybridized carbons (Fsp3) is 0.370. The van der Waals surface area contributed by atoms with Crippen LogP contribution in [0.1, 0.15) is 24.0 Å². The Kier molecular flexibility index (Phi) is 7.12. The summed E-state index contributed by atoms with van der Waals surface area (Å²) in [6.07, 6.45) is 3.76. The summed E-state index contributed by atoms with van der Waals surface area (Å²) in [4.78, 5) is 34.3. The van der Waals surface area contributed by atoms with Crippen LogP contribution in [0.3, 0.4) is 0 Å². The minimum absolute atomic E-state index is 0.0177. The number of hydrogen-bond donors (Lipinski definition) is 1. The monoisotopic (exact) mass is 459 g/mol. The summed E-state index contributed by atoms with van der Waals surface area (Å²) < 4.78 is 1.89. The number of benzene rings is 2. The van der Waals surface area contributed by atoms with Gasteiger partial charge in [0.05, 0.1) is 12.2 Å². The van der Waals surface area contributed by atoms with Crippen molar-refractivity contribution in [1.82, 2.24) is 19.4 Å². The van der Waals surface area contributed by atoms with Gasteiger partial charge in [-0.1, -0.05) is 47.5 Å². The third kappa shape index (κ3) is 5.91. The number of likely N-dealkylation sites (N-methyl/N-ethyl adjacent to an activating group) is 1. The highest BCUT2D eigenvalue weighted by atomic mass is 16.2. The molecule has 0 bridgehead atoms. The second-order valence-electron chi connectivity index (χ2n) is 9.41. The number of rotatable bonds is 9. The molecule has 1 heterocycles. The van der Waals surface area contributed by atoms with Crippen LogP contribution >= 0.6 is 0 Å². The van der Waals surface area contributed by atoms with E-state index in [9.17, 15) is 9.59 Å². The highest BCUT2D eigenvalue weighted by Crippen LogP contribution is 2.31. The number of hydrogen-bond acceptors (Lipinski definition) is 4. The van der Waals surface area contributed by atoms with Crippen molar-refractivity contribution in [2.24, 2.45) is 5.92 Å². The summed E-state index contributed by atoms with van der Waals surface area (Å²) in [6, 6.07) is 16.2. The minimum atomic E-state index is -0.248. The van der Waals surface area contributed by atoms with Crippen LogP contribution in [-0.4, -0.2) is 64.9 Å². The van der Waals surface area contributed by atoms with Gasteiger partial charge in [-0.05, 0) is 52.9 Å². The largest absolute Gasteiger partial charge is 0.332 e. The Balaban J connectivity index is 1.58. The summed E-state index contributed by atoms with van der Waals surface area (Å²) in [5.41, 5.74) is 4.99. The summed E-state index contributed by atoms with van der Waals surface area (Å²) in [5.74, 6) is 0.329. The van der Waals surface area contributed by atoms with Gasteiger partial charge >= 0.3 is 0 Å². The van der Waals surface area contributed by atoms with Gasteiger partial charge in [0.2, 0.25) is 17.8 Å². The van der Waals surface area contributed by atoms with E-state index in [1.165, 1.54) is 5.56 Å². The maximum Gasteiger partial charge on any atom is 0.246 e. The van der Waals surface area contributed by atoms with Gasteiger partial charge in [-0.3, -0.25) is 19.5 Å². The molecule has 3 aromatic rings. The number of nitrogens with one attached hydrogen (secondary N) is 1. The van der Waals surface area contributed by atoms with Crippen LogP contribution < -0.4 is 5.32 Å². The van der Waals surface area contributed by atoms with E-state index in [4.69, 9.17) is 4.98 Å². The van der Waals surface area contributed by atoms with E-state index in [0.717, 1.165) is 35.3 Å². The molecule has 0 atom stereocenters. The molecule has 0 aliphatic heterocycles. The van der Waals surface area contributed by atoms with Crippen molar-refractivity contribution in [2.75, 3.05) is 39.0 Å². The third-order valence-corrected chi connectivity index (χ3v) is 6.01. The van der Waals surface area contributed by atoms with Crippen molar-refractivity contribution in [2.45, 2.75) is 26.7 Å². The Bertz CT molecular complexity index is 1140. The van der Waals surface area contributed by atoms with E-state index < -0.39 is 0 Å². The van der Waals surface area contributed by atoms with Crippen molar-refractivity contribution in [3.05, 3.63) is 65.9 Å². The van der Waals surface area contributed by atoms with Gasteiger partial charge in [-0.25, -0.2) is 4.98 Å². The number of nitrogens with zero attached hydrogens (tertiary/aromatic N) is 4. The predicted molar refractivity (Wildman–Crippen MR) is 135 cm³/mol. The molecule has 1 aliphatic rings. The van der Waals surface area contributed by atoms with Gasteiger partial charge in [0.25, 0.3) is 0 Å². The highest BCUT2D eigenvalue weighted by molar-refractivity contribution is 5.94. The van der Waals surface area contributed by atoms with Crippen LogP contribution in [0.2, 0.25) is 0 Å². The number of imidazole rings is 1. The van der Waals surface area contributed by atoms with Crippen molar-refractivity contribution in [1.29, 1.82) is 0 Å². The summed E-state index contributed by atoms with van der Waals surface area (Å²) in [6.45, 7) is 5.34. The van der Waals surface area contributed by atoms with Gasteiger partial charge in [0, 0.05) is 36.5 Å². The Labute approximate surface area is 201 Å². The predicted octanol–water partition coefficient (Wildman–Crippen LogP) is 3.89. The van der Waals surface area contributed by atoms with E-state index in [0.29, 0.717) is 19.0 Å². The first-order chi connectivity index (χ1) is 16.3. The van der Waals surface area contributed by atoms with Gasteiger partial charge in [-0.2, -0.15) is 0 Å². The lowest BCUT2D eigenvalue weighted by Crippen LogP contribution is -2.42. The average Bonchev–Trinajstić information content (AvgIpc) is 3.58. The topological polar surface area (TPSA) is 70.5 Å². The number of aryl methyl sites for hydroxylation is 2. The Morgan fingerprint density at radius 3 is 2.18 bits per heavy atom. The summed E-state index contributed by atoms with van der Waals surface area (Å²) >= 11 is 0. The fourth-order valence-corrected chi connectivity index (χ4v) is 3.75. The zero-order chi connectivity index (χ0) is 24.2. The molecule has 34 heavy (non-hydrogen) atoms. The van der Waals surface area contributed by atoms with Crippen molar-refractivity contribution < 1.29 is 9.59 Å². The smallest absolute Gasteiger partial charge is 0.246 e. The highest BCUT2D eigenvalue weighted by Gasteiger charge is 2.34. The minimum Gasteiger partial charge on any atom is -0.332 e. The van der Waals surface area contributed by atoms with E-state index in [2.05, 4.69) is 5.32 Å². The molecule has 0 saturated heterocycles. The lowest BCUT2D eigenvalue weighted by atomic mass is 10.1. The number of carbonyl (C=O) groups is 2. The number of anilines is 1. The normalized spacial score (nSPS) is 13.2. The van der Waals surface area contributed by atoms with Crippen LogP contribution in [0.4, 0.5) is 5.95 Å². The molecule has 1 aromatic heterocycles. The molecule has 2 aromatic carbocycles. The molecule has 0 spiro atoms.